The minimum Gasteiger partial charge on any atom is -0.324 e. The van der Waals surface area contributed by atoms with Crippen LogP contribution in [0.5, 0.6) is 0 Å². The highest BCUT2D eigenvalue weighted by Crippen LogP contribution is 2.29. The molecule has 0 atom stereocenters. The molecule has 4 aromatic heterocycles. The first-order valence-electron chi connectivity index (χ1n) is 10.6. The van der Waals surface area contributed by atoms with Crippen LogP contribution in [-0.4, -0.2) is 33.9 Å². The van der Waals surface area contributed by atoms with Gasteiger partial charge >= 0.3 is 11.4 Å². The van der Waals surface area contributed by atoms with E-state index in [0.717, 1.165) is 21.7 Å². The molecule has 0 unspecified atom stereocenters. The largest absolute Gasteiger partial charge is 0.359 e. The summed E-state index contributed by atoms with van der Waals surface area (Å²) in [7, 11) is 1.78. The molecule has 5 rings (SSSR count). The molecule has 0 saturated heterocycles. The van der Waals surface area contributed by atoms with E-state index in [1.165, 1.54) is 16.8 Å². The second-order valence-corrected chi connectivity index (χ2v) is 8.87. The maximum Gasteiger partial charge on any atom is 0.359 e. The van der Waals surface area contributed by atoms with Gasteiger partial charge in [-0.05, 0) is 36.8 Å². The standard InChI is InChI=1S/C23H17Cl2FN8O2/c1-12-3-15(8-27-7-12)34-22(35)30-21(29-20-4-13-10-32(2)31-19(13)6-17(20)25)33(23(34)36)11-14-5-16(24)18(26)9-28-14/h3-10H,11H2,1-2H3,(H,29,30,35). The zero-order chi connectivity index (χ0) is 25.6. The number of halogens is 3. The highest BCUT2D eigenvalue weighted by molar-refractivity contribution is 6.34. The Morgan fingerprint density at radius 2 is 1.86 bits per heavy atom. The Balaban J connectivity index is 1.68. The number of hydrogen-bond donors (Lipinski definition) is 1. The highest BCUT2D eigenvalue weighted by atomic mass is 35.5. The molecule has 0 aliphatic carbocycles. The van der Waals surface area contributed by atoms with Gasteiger partial charge in [0.05, 0.1) is 51.6 Å². The van der Waals surface area contributed by atoms with Crippen molar-refractivity contribution in [1.82, 2.24) is 33.9 Å². The predicted molar refractivity (Wildman–Crippen MR) is 134 cm³/mol. The van der Waals surface area contributed by atoms with Crippen LogP contribution in [0, 0.1) is 12.7 Å². The van der Waals surface area contributed by atoms with Crippen molar-refractivity contribution in [1.29, 1.82) is 0 Å². The fraction of sp³-hybridized carbons (Fsp3) is 0.130. The average Bonchev–Trinajstić information content (AvgIpc) is 3.17. The minimum absolute atomic E-state index is 0.0887. The van der Waals surface area contributed by atoms with Gasteiger partial charge in [0.1, 0.15) is 0 Å². The number of rotatable bonds is 5. The summed E-state index contributed by atoms with van der Waals surface area (Å²) in [5.41, 5.74) is 0.798. The molecule has 0 amide bonds. The van der Waals surface area contributed by atoms with Gasteiger partial charge in [-0.15, -0.1) is 0 Å². The number of anilines is 2. The molecule has 0 saturated carbocycles. The van der Waals surface area contributed by atoms with Gasteiger partial charge in [0, 0.05) is 24.8 Å². The number of pyridine rings is 2. The molecular weight excluding hydrogens is 510 g/mol. The number of nitrogens with zero attached hydrogens (tertiary/aromatic N) is 7. The van der Waals surface area contributed by atoms with E-state index in [-0.39, 0.29) is 28.9 Å². The zero-order valence-corrected chi connectivity index (χ0v) is 20.4. The van der Waals surface area contributed by atoms with E-state index < -0.39 is 17.2 Å². The zero-order valence-electron chi connectivity index (χ0n) is 18.9. The van der Waals surface area contributed by atoms with E-state index in [2.05, 4.69) is 25.4 Å². The van der Waals surface area contributed by atoms with Gasteiger partial charge in [-0.25, -0.2) is 18.5 Å². The summed E-state index contributed by atoms with van der Waals surface area (Å²) in [5.74, 6) is -0.786. The Morgan fingerprint density at radius 1 is 1.06 bits per heavy atom. The van der Waals surface area contributed by atoms with Crippen LogP contribution in [0.3, 0.4) is 0 Å². The second kappa shape index (κ2) is 9.17. The molecule has 1 aromatic carbocycles. The van der Waals surface area contributed by atoms with Crippen LogP contribution in [0.25, 0.3) is 16.6 Å². The lowest BCUT2D eigenvalue weighted by Gasteiger charge is -2.16. The summed E-state index contributed by atoms with van der Waals surface area (Å²) in [4.78, 5) is 38.8. The lowest BCUT2D eigenvalue weighted by molar-refractivity contribution is 0.612. The van der Waals surface area contributed by atoms with Crippen molar-refractivity contribution in [2.45, 2.75) is 13.5 Å². The van der Waals surface area contributed by atoms with Crippen molar-refractivity contribution >= 4 is 45.7 Å². The number of benzene rings is 1. The average molecular weight is 527 g/mol. The fourth-order valence-corrected chi connectivity index (χ4v) is 4.08. The van der Waals surface area contributed by atoms with E-state index in [9.17, 15) is 14.0 Å². The summed E-state index contributed by atoms with van der Waals surface area (Å²) in [6.45, 7) is 1.62. The molecule has 0 fully saturated rings. The van der Waals surface area contributed by atoms with Crippen LogP contribution in [0.1, 0.15) is 11.3 Å². The molecular formula is C23H17Cl2FN8O2. The summed E-state index contributed by atoms with van der Waals surface area (Å²) >= 11 is 12.4. The first kappa shape index (κ1) is 23.6. The van der Waals surface area contributed by atoms with Gasteiger partial charge in [-0.2, -0.15) is 10.1 Å². The number of fused-ring (bicyclic) bond motifs is 1. The molecule has 0 aliphatic heterocycles. The Labute approximate surface area is 212 Å². The number of hydrogen-bond acceptors (Lipinski definition) is 7. The van der Waals surface area contributed by atoms with Crippen LogP contribution in [0.4, 0.5) is 16.0 Å². The predicted octanol–water partition coefficient (Wildman–Crippen LogP) is 3.62. The number of nitrogens with one attached hydrogen (secondary N) is 1. The van der Waals surface area contributed by atoms with E-state index in [1.807, 2.05) is 0 Å². The van der Waals surface area contributed by atoms with Crippen molar-refractivity contribution in [3.05, 3.63) is 97.1 Å². The van der Waals surface area contributed by atoms with Crippen LogP contribution < -0.4 is 16.7 Å². The first-order chi connectivity index (χ1) is 17.2. The quantitative estimate of drug-likeness (QED) is 0.372. The first-order valence-corrected chi connectivity index (χ1v) is 11.3. The molecule has 10 nitrogen and oxygen atoms in total. The minimum atomic E-state index is -0.824. The normalized spacial score (nSPS) is 11.2. The third kappa shape index (κ3) is 4.45. The van der Waals surface area contributed by atoms with E-state index in [0.29, 0.717) is 16.2 Å². The molecule has 0 radical (unpaired) electrons. The fourth-order valence-electron chi connectivity index (χ4n) is 3.70. The van der Waals surface area contributed by atoms with Crippen LogP contribution in [0.2, 0.25) is 10.0 Å². The molecule has 1 N–H and O–H groups in total. The van der Waals surface area contributed by atoms with Crippen molar-refractivity contribution < 1.29 is 4.39 Å². The van der Waals surface area contributed by atoms with E-state index in [1.54, 1.807) is 49.2 Å². The summed E-state index contributed by atoms with van der Waals surface area (Å²) in [6, 6.07) is 6.31. The van der Waals surface area contributed by atoms with Gasteiger partial charge in [0.15, 0.2) is 5.82 Å². The highest BCUT2D eigenvalue weighted by Gasteiger charge is 2.18. The summed E-state index contributed by atoms with van der Waals surface area (Å²) in [5, 5.41) is 8.22. The van der Waals surface area contributed by atoms with Crippen molar-refractivity contribution in [3.8, 4) is 5.69 Å². The maximum atomic E-state index is 13.7. The van der Waals surface area contributed by atoms with Crippen molar-refractivity contribution in [3.63, 3.8) is 0 Å². The molecule has 0 spiro atoms. The topological polar surface area (TPSA) is 113 Å². The monoisotopic (exact) mass is 526 g/mol. The lowest BCUT2D eigenvalue weighted by Crippen LogP contribution is -2.42. The molecule has 0 bridgehead atoms. The Kier molecular flexibility index (Phi) is 6.02. The van der Waals surface area contributed by atoms with Gasteiger partial charge in [-0.1, -0.05) is 23.2 Å². The third-order valence-corrected chi connectivity index (χ3v) is 5.93. The van der Waals surface area contributed by atoms with Crippen LogP contribution >= 0.6 is 23.2 Å². The van der Waals surface area contributed by atoms with Crippen molar-refractivity contribution in [2.75, 3.05) is 5.32 Å². The number of aromatic nitrogens is 7. The maximum absolute atomic E-state index is 13.7. The van der Waals surface area contributed by atoms with E-state index in [4.69, 9.17) is 23.2 Å². The SMILES string of the molecule is Cc1cncc(-n2c(=O)nc(Nc3cc4cn(C)nc4cc3Cl)n(Cc3cc(Cl)c(F)cn3)c2=O)c1. The molecule has 182 valence electrons. The third-order valence-electron chi connectivity index (χ3n) is 5.33. The van der Waals surface area contributed by atoms with E-state index >= 15 is 0 Å². The Morgan fingerprint density at radius 3 is 2.61 bits per heavy atom. The molecule has 36 heavy (non-hydrogen) atoms. The summed E-state index contributed by atoms with van der Waals surface area (Å²) < 4.78 is 17.4. The van der Waals surface area contributed by atoms with Crippen LogP contribution in [-0.2, 0) is 13.6 Å². The molecule has 4 heterocycles. The molecule has 0 aliphatic rings. The van der Waals surface area contributed by atoms with Crippen molar-refractivity contribution in [2.24, 2.45) is 7.05 Å². The van der Waals surface area contributed by atoms with Gasteiger partial charge in [0.25, 0.3) is 0 Å². The summed E-state index contributed by atoms with van der Waals surface area (Å²) in [6.07, 6.45) is 5.73. The Bertz CT molecular complexity index is 1760. The Hall–Kier alpha value is -4.09. The molecule has 5 aromatic rings. The lowest BCUT2D eigenvalue weighted by atomic mass is 10.2. The van der Waals surface area contributed by atoms with Gasteiger partial charge < -0.3 is 5.32 Å². The molecule has 13 heteroatoms. The van der Waals surface area contributed by atoms with Gasteiger partial charge in [0.2, 0.25) is 5.95 Å². The van der Waals surface area contributed by atoms with Crippen LogP contribution in [0.15, 0.2) is 58.6 Å². The van der Waals surface area contributed by atoms with Gasteiger partial charge in [-0.3, -0.25) is 19.2 Å². The second-order valence-electron chi connectivity index (χ2n) is 8.05. The number of aryl methyl sites for hydroxylation is 2. The smallest absolute Gasteiger partial charge is 0.324 e.